The minimum atomic E-state index is -0.147. The molecule has 0 saturated heterocycles. The number of thiazole rings is 1. The number of rotatable bonds is 6. The molecule has 0 N–H and O–H groups in total. The third-order valence-corrected chi connectivity index (χ3v) is 5.22. The van der Waals surface area contributed by atoms with Crippen molar-refractivity contribution in [2.45, 2.75) is 13.2 Å². The van der Waals surface area contributed by atoms with Crippen molar-refractivity contribution in [2.24, 2.45) is 0 Å². The minimum absolute atomic E-state index is 0.147. The molecule has 4 rings (SSSR count). The van der Waals surface area contributed by atoms with Gasteiger partial charge in [-0.3, -0.25) is 4.79 Å². The van der Waals surface area contributed by atoms with E-state index in [0.717, 1.165) is 16.3 Å². The van der Waals surface area contributed by atoms with E-state index in [9.17, 15) is 4.79 Å². The first kappa shape index (κ1) is 18.6. The Morgan fingerprint density at radius 2 is 2.00 bits per heavy atom. The van der Waals surface area contributed by atoms with Gasteiger partial charge >= 0.3 is 0 Å². The maximum Gasteiger partial charge on any atom is 0.273 e. The Kier molecular flexibility index (Phi) is 5.36. The Morgan fingerprint density at radius 1 is 1.21 bits per heavy atom. The minimum Gasteiger partial charge on any atom is -0.486 e. The predicted octanol–water partition coefficient (Wildman–Crippen LogP) is 4.38. The van der Waals surface area contributed by atoms with Crippen molar-refractivity contribution in [1.29, 1.82) is 0 Å². The summed E-state index contributed by atoms with van der Waals surface area (Å²) >= 11 is 7.26. The predicted molar refractivity (Wildman–Crippen MR) is 106 cm³/mol. The molecule has 0 fully saturated rings. The normalized spacial score (nSPS) is 12.1. The number of amides is 1. The average Bonchev–Trinajstić information content (AvgIpc) is 3.36. The molecule has 0 unspecified atom stereocenters. The van der Waals surface area contributed by atoms with Gasteiger partial charge in [0.15, 0.2) is 11.5 Å². The number of hydrogen-bond acceptors (Lipinski definition) is 6. The molecular weight excluding hydrogens is 400 g/mol. The van der Waals surface area contributed by atoms with Crippen molar-refractivity contribution in [3.8, 4) is 17.2 Å². The summed E-state index contributed by atoms with van der Waals surface area (Å²) in [6, 6.07) is 12.8. The Morgan fingerprint density at radius 3 is 2.82 bits per heavy atom. The van der Waals surface area contributed by atoms with Crippen LogP contribution in [0.3, 0.4) is 0 Å². The molecule has 1 aliphatic rings. The van der Waals surface area contributed by atoms with Gasteiger partial charge in [0.05, 0.1) is 0 Å². The van der Waals surface area contributed by atoms with Crippen LogP contribution in [0, 0.1) is 0 Å². The molecule has 2 aromatic carbocycles. The summed E-state index contributed by atoms with van der Waals surface area (Å²) in [4.78, 5) is 18.7. The molecule has 0 radical (unpaired) electrons. The number of halogens is 1. The summed E-state index contributed by atoms with van der Waals surface area (Å²) < 4.78 is 16.4. The number of nitrogens with zero attached hydrogens (tertiary/aromatic N) is 2. The monoisotopic (exact) mass is 416 g/mol. The molecule has 2 heterocycles. The fraction of sp³-hybridized carbons (Fsp3) is 0.200. The number of hydrogen-bond donors (Lipinski definition) is 0. The quantitative estimate of drug-likeness (QED) is 0.597. The Labute approximate surface area is 171 Å². The van der Waals surface area contributed by atoms with Gasteiger partial charge in [0.1, 0.15) is 23.1 Å². The van der Waals surface area contributed by atoms with Gasteiger partial charge in [0, 0.05) is 24.0 Å². The highest BCUT2D eigenvalue weighted by molar-refractivity contribution is 7.09. The van der Waals surface area contributed by atoms with Crippen LogP contribution in [-0.4, -0.2) is 29.6 Å². The maximum atomic E-state index is 12.7. The third kappa shape index (κ3) is 4.21. The van der Waals surface area contributed by atoms with Crippen LogP contribution < -0.4 is 14.2 Å². The van der Waals surface area contributed by atoms with Crippen LogP contribution in [0.25, 0.3) is 0 Å². The second kappa shape index (κ2) is 8.08. The van der Waals surface area contributed by atoms with E-state index < -0.39 is 0 Å². The highest BCUT2D eigenvalue weighted by Gasteiger charge is 2.18. The summed E-state index contributed by atoms with van der Waals surface area (Å²) in [6.45, 7) is 0.975. The molecule has 1 aliphatic heterocycles. The Balaban J connectivity index is 1.36. The molecule has 6 nitrogen and oxygen atoms in total. The molecule has 0 saturated carbocycles. The fourth-order valence-electron chi connectivity index (χ4n) is 2.73. The summed E-state index contributed by atoms with van der Waals surface area (Å²) in [5.41, 5.74) is 1.37. The molecule has 28 heavy (non-hydrogen) atoms. The van der Waals surface area contributed by atoms with E-state index in [-0.39, 0.29) is 12.7 Å². The van der Waals surface area contributed by atoms with Gasteiger partial charge in [-0.2, -0.15) is 0 Å². The molecule has 3 aromatic rings. The third-order valence-electron chi connectivity index (χ3n) is 4.15. The van der Waals surface area contributed by atoms with E-state index >= 15 is 0 Å². The number of ether oxygens (including phenoxy) is 3. The van der Waals surface area contributed by atoms with E-state index in [4.69, 9.17) is 25.8 Å². The Bertz CT molecular complexity index is 990. The van der Waals surface area contributed by atoms with Crippen molar-refractivity contribution in [2.75, 3.05) is 13.8 Å². The van der Waals surface area contributed by atoms with Crippen LogP contribution >= 0.6 is 22.9 Å². The van der Waals surface area contributed by atoms with Gasteiger partial charge in [-0.1, -0.05) is 17.7 Å². The number of benzene rings is 2. The second-order valence-electron chi connectivity index (χ2n) is 6.22. The van der Waals surface area contributed by atoms with E-state index in [0.29, 0.717) is 35.4 Å². The van der Waals surface area contributed by atoms with Crippen molar-refractivity contribution < 1.29 is 19.0 Å². The molecule has 8 heteroatoms. The van der Waals surface area contributed by atoms with Crippen molar-refractivity contribution in [3.05, 3.63) is 69.1 Å². The highest BCUT2D eigenvalue weighted by atomic mass is 35.5. The van der Waals surface area contributed by atoms with Gasteiger partial charge in [0.25, 0.3) is 5.91 Å². The number of carbonyl (C=O) groups excluding carboxylic acids is 1. The summed E-state index contributed by atoms with van der Waals surface area (Å²) in [7, 11) is 1.75. The lowest BCUT2D eigenvalue weighted by Gasteiger charge is -2.16. The molecule has 0 atom stereocenters. The van der Waals surface area contributed by atoms with Crippen LogP contribution in [0.1, 0.15) is 21.1 Å². The number of fused-ring (bicyclic) bond motifs is 1. The van der Waals surface area contributed by atoms with E-state index in [2.05, 4.69) is 4.98 Å². The standard InChI is InChI=1S/C20H17ClN2O4S/c1-23(9-13-2-7-17-18(8-13)27-12-26-17)20(24)16-11-28-19(22-16)10-25-15-5-3-14(21)4-6-15/h2-8,11H,9-10,12H2,1H3. The highest BCUT2D eigenvalue weighted by Crippen LogP contribution is 2.32. The summed E-state index contributed by atoms with van der Waals surface area (Å²) in [6.07, 6.45) is 0. The fourth-order valence-corrected chi connectivity index (χ4v) is 3.54. The van der Waals surface area contributed by atoms with E-state index in [1.54, 1.807) is 41.6 Å². The first-order valence-corrected chi connectivity index (χ1v) is 9.81. The van der Waals surface area contributed by atoms with Crippen LogP contribution in [0.15, 0.2) is 47.8 Å². The van der Waals surface area contributed by atoms with Gasteiger partial charge in [-0.15, -0.1) is 11.3 Å². The lowest BCUT2D eigenvalue weighted by Crippen LogP contribution is -2.26. The van der Waals surface area contributed by atoms with Crippen LogP contribution in [0.2, 0.25) is 5.02 Å². The van der Waals surface area contributed by atoms with Crippen molar-refractivity contribution in [1.82, 2.24) is 9.88 Å². The Hall–Kier alpha value is -2.77. The van der Waals surface area contributed by atoms with E-state index in [1.165, 1.54) is 11.3 Å². The lowest BCUT2D eigenvalue weighted by molar-refractivity contribution is 0.0779. The molecular formula is C20H17ClN2O4S. The summed E-state index contributed by atoms with van der Waals surface area (Å²) in [5.74, 6) is 1.98. The zero-order valence-electron chi connectivity index (χ0n) is 15.1. The van der Waals surface area contributed by atoms with Gasteiger partial charge in [0.2, 0.25) is 6.79 Å². The smallest absolute Gasteiger partial charge is 0.273 e. The SMILES string of the molecule is CN(Cc1ccc2c(c1)OCO2)C(=O)c1csc(COc2ccc(Cl)cc2)n1. The number of aromatic nitrogens is 1. The lowest BCUT2D eigenvalue weighted by atomic mass is 10.2. The van der Waals surface area contributed by atoms with Crippen LogP contribution in [-0.2, 0) is 13.2 Å². The van der Waals surface area contributed by atoms with Crippen molar-refractivity contribution >= 4 is 28.8 Å². The van der Waals surface area contributed by atoms with Gasteiger partial charge in [-0.25, -0.2) is 4.98 Å². The largest absolute Gasteiger partial charge is 0.486 e. The molecule has 144 valence electrons. The maximum absolute atomic E-state index is 12.7. The first-order valence-electron chi connectivity index (χ1n) is 8.55. The van der Waals surface area contributed by atoms with Gasteiger partial charge < -0.3 is 19.1 Å². The zero-order chi connectivity index (χ0) is 19.5. The second-order valence-corrected chi connectivity index (χ2v) is 7.60. The topological polar surface area (TPSA) is 60.9 Å². The van der Waals surface area contributed by atoms with Crippen molar-refractivity contribution in [3.63, 3.8) is 0 Å². The molecule has 0 spiro atoms. The molecule has 1 amide bonds. The summed E-state index contributed by atoms with van der Waals surface area (Å²) in [5, 5.41) is 3.13. The van der Waals surface area contributed by atoms with Crippen LogP contribution in [0.4, 0.5) is 0 Å². The first-order chi connectivity index (χ1) is 13.6. The zero-order valence-corrected chi connectivity index (χ0v) is 16.6. The molecule has 0 aliphatic carbocycles. The average molecular weight is 417 g/mol. The van der Waals surface area contributed by atoms with E-state index in [1.807, 2.05) is 18.2 Å². The number of carbonyl (C=O) groups is 1. The molecule has 1 aromatic heterocycles. The molecule has 0 bridgehead atoms. The van der Waals surface area contributed by atoms with Crippen LogP contribution in [0.5, 0.6) is 17.2 Å². The van der Waals surface area contributed by atoms with Gasteiger partial charge in [-0.05, 0) is 42.0 Å².